The zero-order valence-corrected chi connectivity index (χ0v) is 10.4. The normalized spacial score (nSPS) is 18.2. The summed E-state index contributed by atoms with van der Waals surface area (Å²) in [4.78, 5) is 0.162. The van der Waals surface area contributed by atoms with E-state index in [1.54, 1.807) is 12.1 Å². The van der Waals surface area contributed by atoms with Gasteiger partial charge in [-0.1, -0.05) is 0 Å². The van der Waals surface area contributed by atoms with Gasteiger partial charge in [0.05, 0.1) is 5.60 Å². The van der Waals surface area contributed by atoms with Gasteiger partial charge in [0.15, 0.2) is 0 Å². The van der Waals surface area contributed by atoms with Crippen LogP contribution in [0.1, 0.15) is 19.3 Å². The number of thioether (sulfide) groups is 1. The van der Waals surface area contributed by atoms with Crippen LogP contribution in [0.4, 0.5) is 18.9 Å². The van der Waals surface area contributed by atoms with E-state index in [0.717, 1.165) is 24.9 Å². The van der Waals surface area contributed by atoms with Gasteiger partial charge in [0, 0.05) is 17.1 Å². The zero-order valence-electron chi connectivity index (χ0n) is 9.63. The highest BCUT2D eigenvalue weighted by atomic mass is 32.2. The summed E-state index contributed by atoms with van der Waals surface area (Å²) in [6.45, 7) is 0.443. The van der Waals surface area contributed by atoms with Crippen molar-refractivity contribution in [3.8, 4) is 0 Å². The Labute approximate surface area is 108 Å². The van der Waals surface area contributed by atoms with Gasteiger partial charge >= 0.3 is 5.51 Å². The standard InChI is InChI=1S/C12H14F3NOS/c13-12(14,15)18-10-4-2-9(3-5-10)16-8-11(17)6-1-7-11/h2-5,16-17H,1,6-8H2. The molecule has 0 atom stereocenters. The van der Waals surface area contributed by atoms with E-state index in [2.05, 4.69) is 5.32 Å². The molecule has 1 aliphatic carbocycles. The lowest BCUT2D eigenvalue weighted by Crippen LogP contribution is -2.43. The molecule has 0 amide bonds. The Morgan fingerprint density at radius 2 is 1.83 bits per heavy atom. The largest absolute Gasteiger partial charge is 0.446 e. The van der Waals surface area contributed by atoms with Crippen LogP contribution in [0.2, 0.25) is 0 Å². The Balaban J connectivity index is 1.87. The van der Waals surface area contributed by atoms with Gasteiger partial charge in [0.25, 0.3) is 0 Å². The minimum atomic E-state index is -4.25. The lowest BCUT2D eigenvalue weighted by molar-refractivity contribution is -0.0328. The summed E-state index contributed by atoms with van der Waals surface area (Å²) in [5.41, 5.74) is -4.17. The molecule has 0 aromatic heterocycles. The number of nitrogens with one attached hydrogen (secondary N) is 1. The van der Waals surface area contributed by atoms with Gasteiger partial charge in [-0.25, -0.2) is 0 Å². The number of aliphatic hydroxyl groups is 1. The quantitative estimate of drug-likeness (QED) is 0.824. The van der Waals surface area contributed by atoms with E-state index in [-0.39, 0.29) is 16.7 Å². The fourth-order valence-corrected chi connectivity index (χ4v) is 2.34. The van der Waals surface area contributed by atoms with Gasteiger partial charge in [-0.2, -0.15) is 13.2 Å². The summed E-state index contributed by atoms with van der Waals surface area (Å²) >= 11 is -0.128. The van der Waals surface area contributed by atoms with E-state index >= 15 is 0 Å². The minimum absolute atomic E-state index is 0.128. The third-order valence-corrected chi connectivity index (χ3v) is 3.73. The van der Waals surface area contributed by atoms with Gasteiger partial charge in [0.1, 0.15) is 0 Å². The molecule has 0 aliphatic heterocycles. The first-order chi connectivity index (χ1) is 8.36. The van der Waals surface area contributed by atoms with Crippen LogP contribution in [0.3, 0.4) is 0 Å². The monoisotopic (exact) mass is 277 g/mol. The number of hydrogen-bond acceptors (Lipinski definition) is 3. The lowest BCUT2D eigenvalue weighted by atomic mass is 9.80. The molecule has 2 N–H and O–H groups in total. The highest BCUT2D eigenvalue weighted by molar-refractivity contribution is 8.00. The molecule has 2 rings (SSSR count). The van der Waals surface area contributed by atoms with E-state index < -0.39 is 11.1 Å². The molecule has 0 saturated heterocycles. The van der Waals surface area contributed by atoms with Crippen LogP contribution in [0.25, 0.3) is 0 Å². The second kappa shape index (κ2) is 5.01. The highest BCUT2D eigenvalue weighted by Crippen LogP contribution is 2.37. The number of rotatable bonds is 4. The van der Waals surface area contributed by atoms with Crippen LogP contribution in [-0.2, 0) is 0 Å². The van der Waals surface area contributed by atoms with Crippen molar-refractivity contribution in [3.63, 3.8) is 0 Å². The van der Waals surface area contributed by atoms with Crippen LogP contribution in [0.5, 0.6) is 0 Å². The fraction of sp³-hybridized carbons (Fsp3) is 0.500. The molecule has 6 heteroatoms. The van der Waals surface area contributed by atoms with E-state index in [0.29, 0.717) is 6.54 Å². The van der Waals surface area contributed by atoms with Crippen molar-refractivity contribution in [2.24, 2.45) is 0 Å². The van der Waals surface area contributed by atoms with E-state index in [1.165, 1.54) is 12.1 Å². The first kappa shape index (κ1) is 13.5. The van der Waals surface area contributed by atoms with Gasteiger partial charge in [-0.15, -0.1) is 0 Å². The first-order valence-electron chi connectivity index (χ1n) is 5.68. The molecular weight excluding hydrogens is 263 g/mol. The number of benzene rings is 1. The molecule has 100 valence electrons. The van der Waals surface area contributed by atoms with Crippen LogP contribution < -0.4 is 5.32 Å². The number of anilines is 1. The second-order valence-electron chi connectivity index (χ2n) is 4.50. The highest BCUT2D eigenvalue weighted by Gasteiger charge is 2.34. The number of halogens is 3. The average molecular weight is 277 g/mol. The molecule has 1 aromatic carbocycles. The van der Waals surface area contributed by atoms with Crippen molar-refractivity contribution in [2.45, 2.75) is 35.3 Å². The molecular formula is C12H14F3NOS. The second-order valence-corrected chi connectivity index (χ2v) is 5.64. The maximum Gasteiger partial charge on any atom is 0.446 e. The van der Waals surface area contributed by atoms with Gasteiger partial charge in [0.2, 0.25) is 0 Å². The maximum absolute atomic E-state index is 12.1. The smallest absolute Gasteiger partial charge is 0.388 e. The summed E-state index contributed by atoms with van der Waals surface area (Å²) in [5, 5.41) is 12.9. The third-order valence-electron chi connectivity index (χ3n) is 2.99. The third kappa shape index (κ3) is 3.81. The summed E-state index contributed by atoms with van der Waals surface area (Å²) in [7, 11) is 0. The molecule has 1 saturated carbocycles. The first-order valence-corrected chi connectivity index (χ1v) is 6.50. The molecule has 1 fully saturated rings. The van der Waals surface area contributed by atoms with E-state index in [1.807, 2.05) is 0 Å². The van der Waals surface area contributed by atoms with Crippen molar-refractivity contribution in [2.75, 3.05) is 11.9 Å². The Bertz CT molecular complexity index is 401. The molecule has 1 aliphatic rings. The predicted molar refractivity (Wildman–Crippen MR) is 65.6 cm³/mol. The molecule has 0 heterocycles. The van der Waals surface area contributed by atoms with Crippen molar-refractivity contribution in [3.05, 3.63) is 24.3 Å². The molecule has 0 bridgehead atoms. The van der Waals surface area contributed by atoms with Crippen molar-refractivity contribution >= 4 is 17.4 Å². The Hall–Kier alpha value is -0.880. The Morgan fingerprint density at radius 1 is 1.22 bits per heavy atom. The summed E-state index contributed by atoms with van der Waals surface area (Å²) in [6.07, 6.45) is 2.59. The molecule has 18 heavy (non-hydrogen) atoms. The zero-order chi connectivity index (χ0) is 13.2. The summed E-state index contributed by atoms with van der Waals surface area (Å²) in [6, 6.07) is 6.03. The maximum atomic E-state index is 12.1. The predicted octanol–water partition coefficient (Wildman–Crippen LogP) is 3.63. The fourth-order valence-electron chi connectivity index (χ4n) is 1.80. The van der Waals surface area contributed by atoms with Crippen LogP contribution in [0.15, 0.2) is 29.2 Å². The summed E-state index contributed by atoms with van der Waals surface area (Å²) in [5.74, 6) is 0. The van der Waals surface area contributed by atoms with E-state index in [4.69, 9.17) is 0 Å². The minimum Gasteiger partial charge on any atom is -0.388 e. The SMILES string of the molecule is OC1(CNc2ccc(SC(F)(F)F)cc2)CCC1. The van der Waals surface area contributed by atoms with Gasteiger partial charge in [-0.05, 0) is 55.3 Å². The van der Waals surface area contributed by atoms with Crippen molar-refractivity contribution in [1.82, 2.24) is 0 Å². The topological polar surface area (TPSA) is 32.3 Å². The van der Waals surface area contributed by atoms with Crippen molar-refractivity contribution < 1.29 is 18.3 Å². The summed E-state index contributed by atoms with van der Waals surface area (Å²) < 4.78 is 36.3. The molecule has 2 nitrogen and oxygen atoms in total. The average Bonchev–Trinajstić information content (AvgIpc) is 2.23. The van der Waals surface area contributed by atoms with Crippen LogP contribution >= 0.6 is 11.8 Å². The number of alkyl halides is 3. The van der Waals surface area contributed by atoms with Crippen LogP contribution in [0, 0.1) is 0 Å². The van der Waals surface area contributed by atoms with Crippen LogP contribution in [-0.4, -0.2) is 22.8 Å². The lowest BCUT2D eigenvalue weighted by Gasteiger charge is -2.36. The van der Waals surface area contributed by atoms with Crippen molar-refractivity contribution in [1.29, 1.82) is 0 Å². The Kier molecular flexibility index (Phi) is 3.77. The van der Waals surface area contributed by atoms with Gasteiger partial charge in [-0.3, -0.25) is 0 Å². The molecule has 0 spiro atoms. The molecule has 1 aromatic rings. The molecule has 0 unspecified atom stereocenters. The van der Waals surface area contributed by atoms with E-state index in [9.17, 15) is 18.3 Å². The molecule has 0 radical (unpaired) electrons. The number of hydrogen-bond donors (Lipinski definition) is 2. The Morgan fingerprint density at radius 3 is 2.28 bits per heavy atom. The van der Waals surface area contributed by atoms with Gasteiger partial charge < -0.3 is 10.4 Å².